The van der Waals surface area contributed by atoms with Gasteiger partial charge in [-0.1, -0.05) is 0 Å². The first kappa shape index (κ1) is 11.9. The van der Waals surface area contributed by atoms with Crippen LogP contribution in [-0.4, -0.2) is 41.0 Å². The molecule has 3 heterocycles. The van der Waals surface area contributed by atoms with Crippen LogP contribution in [0.3, 0.4) is 0 Å². The first-order chi connectivity index (χ1) is 8.72. The Morgan fingerprint density at radius 2 is 2.11 bits per heavy atom. The zero-order valence-corrected chi connectivity index (χ0v) is 11.6. The van der Waals surface area contributed by atoms with Crippen molar-refractivity contribution in [2.45, 2.75) is 25.8 Å². The van der Waals surface area contributed by atoms with Crippen molar-refractivity contribution < 1.29 is 0 Å². The van der Waals surface area contributed by atoms with Crippen LogP contribution in [0.4, 0.5) is 5.82 Å². The smallest absolute Gasteiger partial charge is 0.138 e. The van der Waals surface area contributed by atoms with Crippen LogP contribution in [0.25, 0.3) is 10.2 Å². The second-order valence-corrected chi connectivity index (χ2v) is 6.25. The van der Waals surface area contributed by atoms with Gasteiger partial charge < -0.3 is 10.2 Å². The molecule has 1 aliphatic rings. The number of likely N-dealkylation sites (tertiary alicyclic amines) is 1. The molecule has 96 valence electrons. The summed E-state index contributed by atoms with van der Waals surface area (Å²) in [5.41, 5.74) is 0. The minimum absolute atomic E-state index is 0.541. The molecule has 18 heavy (non-hydrogen) atoms. The standard InChI is InChI=1S/C13H18N4S/c1-9-7-11-12(14-8-15-13(11)18-9)16-10-3-5-17(2)6-4-10/h7-8,10H,3-6H2,1-2H3,(H,14,15,16). The summed E-state index contributed by atoms with van der Waals surface area (Å²) in [4.78, 5) is 13.5. The maximum Gasteiger partial charge on any atom is 0.138 e. The summed E-state index contributed by atoms with van der Waals surface area (Å²) in [5.74, 6) is 0.999. The second-order valence-electron chi connectivity index (χ2n) is 5.02. The Hall–Kier alpha value is -1.20. The van der Waals surface area contributed by atoms with Crippen LogP contribution in [0.1, 0.15) is 17.7 Å². The van der Waals surface area contributed by atoms with E-state index in [-0.39, 0.29) is 0 Å². The third kappa shape index (κ3) is 2.33. The van der Waals surface area contributed by atoms with Gasteiger partial charge in [-0.2, -0.15) is 0 Å². The van der Waals surface area contributed by atoms with Crippen molar-refractivity contribution in [1.82, 2.24) is 14.9 Å². The molecular weight excluding hydrogens is 244 g/mol. The molecule has 1 aliphatic heterocycles. The molecule has 0 radical (unpaired) electrons. The molecule has 4 nitrogen and oxygen atoms in total. The fourth-order valence-electron chi connectivity index (χ4n) is 2.44. The van der Waals surface area contributed by atoms with Crippen LogP contribution in [-0.2, 0) is 0 Å². The summed E-state index contributed by atoms with van der Waals surface area (Å²) in [6, 6.07) is 2.72. The van der Waals surface area contributed by atoms with E-state index in [1.165, 1.54) is 23.1 Å². The van der Waals surface area contributed by atoms with Crippen LogP contribution in [0, 0.1) is 6.92 Å². The number of nitrogens with one attached hydrogen (secondary N) is 1. The maximum absolute atomic E-state index is 4.40. The number of nitrogens with zero attached hydrogens (tertiary/aromatic N) is 3. The van der Waals surface area contributed by atoms with Gasteiger partial charge in [0.15, 0.2) is 0 Å². The van der Waals surface area contributed by atoms with E-state index in [4.69, 9.17) is 0 Å². The quantitative estimate of drug-likeness (QED) is 0.903. The van der Waals surface area contributed by atoms with E-state index in [1.807, 2.05) is 0 Å². The van der Waals surface area contributed by atoms with Crippen molar-refractivity contribution in [3.8, 4) is 0 Å². The number of hydrogen-bond acceptors (Lipinski definition) is 5. The first-order valence-electron chi connectivity index (χ1n) is 6.38. The Bertz CT molecular complexity index is 543. The molecule has 5 heteroatoms. The number of fused-ring (bicyclic) bond motifs is 1. The summed E-state index contributed by atoms with van der Waals surface area (Å²) in [6.45, 7) is 4.44. The Balaban J connectivity index is 1.82. The van der Waals surface area contributed by atoms with Gasteiger partial charge in [-0.05, 0) is 46.0 Å². The van der Waals surface area contributed by atoms with Crippen LogP contribution in [0.15, 0.2) is 12.4 Å². The van der Waals surface area contributed by atoms with Crippen LogP contribution >= 0.6 is 11.3 Å². The van der Waals surface area contributed by atoms with Crippen molar-refractivity contribution in [2.75, 3.05) is 25.5 Å². The molecule has 0 aliphatic carbocycles. The molecule has 0 saturated carbocycles. The first-order valence-corrected chi connectivity index (χ1v) is 7.20. The Labute approximate surface area is 111 Å². The van der Waals surface area contributed by atoms with E-state index < -0.39 is 0 Å². The lowest BCUT2D eigenvalue weighted by molar-refractivity contribution is 0.264. The topological polar surface area (TPSA) is 41.0 Å². The van der Waals surface area contributed by atoms with Gasteiger partial charge in [-0.25, -0.2) is 9.97 Å². The highest BCUT2D eigenvalue weighted by molar-refractivity contribution is 7.18. The molecule has 0 spiro atoms. The van der Waals surface area contributed by atoms with Gasteiger partial charge in [-0.15, -0.1) is 11.3 Å². The summed E-state index contributed by atoms with van der Waals surface area (Å²) < 4.78 is 0. The van der Waals surface area contributed by atoms with Crippen molar-refractivity contribution in [1.29, 1.82) is 0 Å². The number of anilines is 1. The predicted octanol–water partition coefficient (Wildman–Crippen LogP) is 2.51. The van der Waals surface area contributed by atoms with E-state index in [2.05, 4.69) is 40.2 Å². The Morgan fingerprint density at radius 1 is 1.33 bits per heavy atom. The second kappa shape index (κ2) is 4.82. The fourth-order valence-corrected chi connectivity index (χ4v) is 3.28. The van der Waals surface area contributed by atoms with E-state index in [1.54, 1.807) is 17.7 Å². The third-order valence-electron chi connectivity index (χ3n) is 3.51. The largest absolute Gasteiger partial charge is 0.367 e. The van der Waals surface area contributed by atoms with E-state index in [9.17, 15) is 0 Å². The molecule has 1 N–H and O–H groups in total. The van der Waals surface area contributed by atoms with Crippen molar-refractivity contribution >= 4 is 27.4 Å². The van der Waals surface area contributed by atoms with Gasteiger partial charge in [0.2, 0.25) is 0 Å². The molecule has 0 aromatic carbocycles. The number of aromatic nitrogens is 2. The number of thiophene rings is 1. The van der Waals surface area contributed by atoms with Crippen molar-refractivity contribution in [3.63, 3.8) is 0 Å². The summed E-state index contributed by atoms with van der Waals surface area (Å²) in [7, 11) is 2.18. The van der Waals surface area contributed by atoms with Crippen LogP contribution < -0.4 is 5.32 Å². The minimum Gasteiger partial charge on any atom is -0.367 e. The number of aryl methyl sites for hydroxylation is 1. The highest BCUT2D eigenvalue weighted by atomic mass is 32.1. The highest BCUT2D eigenvalue weighted by Gasteiger charge is 2.18. The lowest BCUT2D eigenvalue weighted by Crippen LogP contribution is -2.36. The number of piperidine rings is 1. The molecule has 0 bridgehead atoms. The predicted molar refractivity (Wildman–Crippen MR) is 76.3 cm³/mol. The van der Waals surface area contributed by atoms with E-state index in [0.29, 0.717) is 6.04 Å². The van der Waals surface area contributed by atoms with Gasteiger partial charge in [0.25, 0.3) is 0 Å². The van der Waals surface area contributed by atoms with Gasteiger partial charge in [0.05, 0.1) is 5.39 Å². The molecule has 2 aromatic rings. The molecule has 3 rings (SSSR count). The normalized spacial score (nSPS) is 18.3. The lowest BCUT2D eigenvalue weighted by Gasteiger charge is -2.29. The lowest BCUT2D eigenvalue weighted by atomic mass is 10.1. The fraction of sp³-hybridized carbons (Fsp3) is 0.538. The molecule has 0 amide bonds. The average molecular weight is 262 g/mol. The Morgan fingerprint density at radius 3 is 2.89 bits per heavy atom. The molecule has 0 atom stereocenters. The number of hydrogen-bond donors (Lipinski definition) is 1. The number of rotatable bonds is 2. The summed E-state index contributed by atoms with van der Waals surface area (Å²) in [6.07, 6.45) is 4.03. The molecule has 1 fully saturated rings. The Kier molecular flexibility index (Phi) is 3.18. The maximum atomic E-state index is 4.40. The zero-order valence-electron chi connectivity index (χ0n) is 10.8. The SMILES string of the molecule is Cc1cc2c(NC3CCN(C)CC3)ncnc2s1. The molecule has 1 saturated heterocycles. The van der Waals surface area contributed by atoms with Crippen molar-refractivity contribution in [2.24, 2.45) is 0 Å². The monoisotopic (exact) mass is 262 g/mol. The van der Waals surface area contributed by atoms with Gasteiger partial charge in [-0.3, -0.25) is 0 Å². The van der Waals surface area contributed by atoms with Gasteiger partial charge in [0.1, 0.15) is 17.0 Å². The zero-order chi connectivity index (χ0) is 12.5. The molecular formula is C13H18N4S. The average Bonchev–Trinajstić information content (AvgIpc) is 2.73. The van der Waals surface area contributed by atoms with Crippen molar-refractivity contribution in [3.05, 3.63) is 17.3 Å². The molecule has 2 aromatic heterocycles. The minimum atomic E-state index is 0.541. The highest BCUT2D eigenvalue weighted by Crippen LogP contribution is 2.28. The summed E-state index contributed by atoms with van der Waals surface area (Å²) >= 11 is 1.73. The van der Waals surface area contributed by atoms with E-state index >= 15 is 0 Å². The molecule has 0 unspecified atom stereocenters. The summed E-state index contributed by atoms with van der Waals surface area (Å²) in [5, 5.41) is 4.75. The third-order valence-corrected chi connectivity index (χ3v) is 4.47. The van der Waals surface area contributed by atoms with Gasteiger partial charge in [0, 0.05) is 10.9 Å². The van der Waals surface area contributed by atoms with Crippen LogP contribution in [0.5, 0.6) is 0 Å². The van der Waals surface area contributed by atoms with Gasteiger partial charge >= 0.3 is 0 Å². The van der Waals surface area contributed by atoms with Crippen LogP contribution in [0.2, 0.25) is 0 Å². The van der Waals surface area contributed by atoms with E-state index in [0.717, 1.165) is 23.7 Å².